The van der Waals surface area contributed by atoms with Gasteiger partial charge >= 0.3 is 0 Å². The first-order valence-electron chi connectivity index (χ1n) is 9.82. The third-order valence-corrected chi connectivity index (χ3v) is 6.12. The fourth-order valence-corrected chi connectivity index (χ4v) is 4.42. The van der Waals surface area contributed by atoms with E-state index in [-0.39, 0.29) is 0 Å². The van der Waals surface area contributed by atoms with E-state index in [1.165, 1.54) is 9.13 Å². The van der Waals surface area contributed by atoms with Crippen molar-refractivity contribution in [3.05, 3.63) is 80.6 Å². The summed E-state index contributed by atoms with van der Waals surface area (Å²) in [7, 11) is 2.23. The fraction of sp³-hybridized carbons (Fsp3) is 0.333. The minimum absolute atomic E-state index is 0.838. The van der Waals surface area contributed by atoms with Gasteiger partial charge in [0.15, 0.2) is 0 Å². The van der Waals surface area contributed by atoms with Crippen LogP contribution in [0.1, 0.15) is 17.5 Å². The van der Waals surface area contributed by atoms with Crippen LogP contribution >= 0.6 is 22.6 Å². The maximum Gasteiger partial charge on any atom is 0.0706 e. The largest absolute Gasteiger partial charge is 0.365 e. The highest BCUT2D eigenvalue weighted by atomic mass is 127. The van der Waals surface area contributed by atoms with Crippen molar-refractivity contribution in [1.29, 1.82) is 0 Å². The molecule has 2 aromatic carbocycles. The van der Waals surface area contributed by atoms with E-state index < -0.39 is 0 Å². The van der Waals surface area contributed by atoms with Crippen molar-refractivity contribution in [2.75, 3.05) is 39.9 Å². The van der Waals surface area contributed by atoms with E-state index in [1.54, 1.807) is 11.3 Å². The van der Waals surface area contributed by atoms with Crippen LogP contribution in [0.25, 0.3) is 0 Å². The maximum absolute atomic E-state index is 3.37. The van der Waals surface area contributed by atoms with Crippen LogP contribution in [0.3, 0.4) is 0 Å². The Morgan fingerprint density at radius 3 is 2.50 bits per heavy atom. The molecule has 2 aliphatic rings. The standard InChI is InChI=1S/C24H26IN3/c1-26-19-28(16-21-6-3-2-4-7-21)18-22-17-27(15-13-24(22)26)14-5-8-20-9-11-23(25)12-10-20/h2-4,6-7,9-12H,13-19H2,1H3. The molecule has 0 fully saturated rings. The SMILES string of the molecule is CN1CN(Cc2ccccc2)CC2=C1CCN(CC#Cc1ccc(I)cc1)C2. The molecule has 0 saturated heterocycles. The van der Waals surface area contributed by atoms with Crippen molar-refractivity contribution in [1.82, 2.24) is 14.7 Å². The Balaban J connectivity index is 1.37. The van der Waals surface area contributed by atoms with Crippen molar-refractivity contribution in [2.45, 2.75) is 13.0 Å². The Labute approximate surface area is 182 Å². The molecule has 0 amide bonds. The summed E-state index contributed by atoms with van der Waals surface area (Å²) in [6, 6.07) is 19.2. The molecular formula is C24H26IN3. The summed E-state index contributed by atoms with van der Waals surface area (Å²) in [4.78, 5) is 7.46. The number of hydrogen-bond donors (Lipinski definition) is 0. The molecule has 2 aliphatic heterocycles. The average molecular weight is 483 g/mol. The first-order chi connectivity index (χ1) is 13.7. The van der Waals surface area contributed by atoms with Crippen LogP contribution < -0.4 is 0 Å². The quantitative estimate of drug-likeness (QED) is 0.483. The second-order valence-corrected chi connectivity index (χ2v) is 8.88. The van der Waals surface area contributed by atoms with Gasteiger partial charge in [-0.15, -0.1) is 0 Å². The average Bonchev–Trinajstić information content (AvgIpc) is 2.70. The molecule has 28 heavy (non-hydrogen) atoms. The summed E-state index contributed by atoms with van der Waals surface area (Å²) in [5, 5.41) is 0. The molecule has 2 aromatic rings. The smallest absolute Gasteiger partial charge is 0.0706 e. The van der Waals surface area contributed by atoms with Gasteiger partial charge in [0.2, 0.25) is 0 Å². The Bertz CT molecular complexity index is 893. The topological polar surface area (TPSA) is 9.72 Å². The first kappa shape index (κ1) is 19.5. The van der Waals surface area contributed by atoms with Crippen molar-refractivity contribution in [3.8, 4) is 11.8 Å². The molecule has 2 heterocycles. The van der Waals surface area contributed by atoms with E-state index in [1.807, 2.05) is 0 Å². The number of halogens is 1. The Hall–Kier alpha value is -1.81. The zero-order valence-electron chi connectivity index (χ0n) is 16.4. The Morgan fingerprint density at radius 1 is 0.964 bits per heavy atom. The second kappa shape index (κ2) is 9.13. The summed E-state index contributed by atoms with van der Waals surface area (Å²) >= 11 is 2.33. The summed E-state index contributed by atoms with van der Waals surface area (Å²) in [5.74, 6) is 6.68. The molecule has 0 bridgehead atoms. The van der Waals surface area contributed by atoms with Crippen LogP contribution in [-0.2, 0) is 6.54 Å². The van der Waals surface area contributed by atoms with Gasteiger partial charge in [-0.1, -0.05) is 42.2 Å². The number of nitrogens with zero attached hydrogens (tertiary/aromatic N) is 3. The van der Waals surface area contributed by atoms with Crippen molar-refractivity contribution in [3.63, 3.8) is 0 Å². The third kappa shape index (κ3) is 4.96. The zero-order chi connectivity index (χ0) is 19.3. The van der Waals surface area contributed by atoms with Gasteiger partial charge in [0.25, 0.3) is 0 Å². The maximum atomic E-state index is 3.37. The Kier molecular flexibility index (Phi) is 6.36. The second-order valence-electron chi connectivity index (χ2n) is 7.63. The molecule has 0 aliphatic carbocycles. The van der Waals surface area contributed by atoms with E-state index >= 15 is 0 Å². The highest BCUT2D eigenvalue weighted by Crippen LogP contribution is 2.26. The van der Waals surface area contributed by atoms with Crippen LogP contribution in [-0.4, -0.2) is 54.6 Å². The van der Waals surface area contributed by atoms with Crippen LogP contribution in [0.2, 0.25) is 0 Å². The molecule has 0 atom stereocenters. The summed E-state index contributed by atoms with van der Waals surface area (Å²) < 4.78 is 1.25. The monoisotopic (exact) mass is 483 g/mol. The van der Waals surface area contributed by atoms with E-state index in [0.29, 0.717) is 0 Å². The van der Waals surface area contributed by atoms with E-state index in [4.69, 9.17) is 0 Å². The minimum Gasteiger partial charge on any atom is -0.365 e. The van der Waals surface area contributed by atoms with Crippen molar-refractivity contribution in [2.24, 2.45) is 0 Å². The van der Waals surface area contributed by atoms with Crippen LogP contribution in [0.4, 0.5) is 0 Å². The number of rotatable bonds is 3. The van der Waals surface area contributed by atoms with Gasteiger partial charge in [-0.05, 0) is 58.0 Å². The molecule has 0 spiro atoms. The molecule has 3 nitrogen and oxygen atoms in total. The molecule has 0 radical (unpaired) electrons. The molecule has 0 N–H and O–H groups in total. The summed E-state index contributed by atoms with van der Waals surface area (Å²) in [6.45, 7) is 6.06. The van der Waals surface area contributed by atoms with Crippen LogP contribution in [0.15, 0.2) is 65.9 Å². The lowest BCUT2D eigenvalue weighted by atomic mass is 10.0. The third-order valence-electron chi connectivity index (χ3n) is 5.40. The summed E-state index contributed by atoms with van der Waals surface area (Å²) in [6.07, 6.45) is 1.14. The lowest BCUT2D eigenvalue weighted by molar-refractivity contribution is 0.137. The van der Waals surface area contributed by atoms with Crippen molar-refractivity contribution < 1.29 is 0 Å². The molecule has 0 aromatic heterocycles. The highest BCUT2D eigenvalue weighted by molar-refractivity contribution is 14.1. The van der Waals surface area contributed by atoms with E-state index in [2.05, 4.69) is 111 Å². The molecule has 144 valence electrons. The van der Waals surface area contributed by atoms with Gasteiger partial charge in [0.1, 0.15) is 0 Å². The van der Waals surface area contributed by atoms with Gasteiger partial charge in [-0.2, -0.15) is 0 Å². The highest BCUT2D eigenvalue weighted by Gasteiger charge is 2.27. The first-order valence-corrected chi connectivity index (χ1v) is 10.9. The van der Waals surface area contributed by atoms with Gasteiger partial charge in [0.05, 0.1) is 13.2 Å². The molecular weight excluding hydrogens is 457 g/mol. The molecule has 0 unspecified atom stereocenters. The van der Waals surface area contributed by atoms with E-state index in [9.17, 15) is 0 Å². The van der Waals surface area contributed by atoms with Gasteiger partial charge in [-0.25, -0.2) is 0 Å². The number of hydrogen-bond acceptors (Lipinski definition) is 3. The van der Waals surface area contributed by atoms with Gasteiger partial charge < -0.3 is 4.90 Å². The van der Waals surface area contributed by atoms with Gasteiger partial charge in [-0.3, -0.25) is 9.80 Å². The summed E-state index contributed by atoms with van der Waals surface area (Å²) in [5.41, 5.74) is 5.60. The molecule has 4 heteroatoms. The fourth-order valence-electron chi connectivity index (χ4n) is 4.06. The predicted octanol–water partition coefficient (Wildman–Crippen LogP) is 4.01. The number of benzene rings is 2. The lowest BCUT2D eigenvalue weighted by Crippen LogP contribution is -2.47. The van der Waals surface area contributed by atoms with E-state index in [0.717, 1.165) is 51.4 Å². The minimum atomic E-state index is 0.838. The predicted molar refractivity (Wildman–Crippen MR) is 124 cm³/mol. The van der Waals surface area contributed by atoms with Crippen LogP contribution in [0.5, 0.6) is 0 Å². The zero-order valence-corrected chi connectivity index (χ0v) is 18.5. The molecule has 0 saturated carbocycles. The van der Waals surface area contributed by atoms with Crippen molar-refractivity contribution >= 4 is 22.6 Å². The van der Waals surface area contributed by atoms with Crippen LogP contribution in [0, 0.1) is 15.4 Å². The Morgan fingerprint density at radius 2 is 1.71 bits per heavy atom. The molecule has 4 rings (SSSR count). The lowest BCUT2D eigenvalue weighted by Gasteiger charge is -2.42. The normalized spacial score (nSPS) is 17.9. The van der Waals surface area contributed by atoms with Gasteiger partial charge in [0, 0.05) is 54.5 Å².